The number of para-hydroxylation sites is 1. The highest BCUT2D eigenvalue weighted by atomic mass is 32.2. The number of imidazole rings is 1. The molecule has 1 aromatic heterocycles. The average molecular weight is 904 g/mol. The molecule has 5 rings (SSSR count). The second-order valence-corrected chi connectivity index (χ2v) is 15.2. The summed E-state index contributed by atoms with van der Waals surface area (Å²) < 4.78 is 57.8. The number of aliphatic imine (C=N–C) groups is 1. The van der Waals surface area contributed by atoms with Crippen molar-refractivity contribution in [2.24, 2.45) is 4.99 Å². The fraction of sp³-hybridized carbons (Fsp3) is 0.500. The summed E-state index contributed by atoms with van der Waals surface area (Å²) in [6, 6.07) is 7.07. The van der Waals surface area contributed by atoms with Crippen LogP contribution >= 0.6 is 11.8 Å². The molecule has 23 heteroatoms. The van der Waals surface area contributed by atoms with E-state index in [9.17, 15) is 43.5 Å². The van der Waals surface area contributed by atoms with Crippen molar-refractivity contribution in [1.29, 1.82) is 0 Å². The number of hydrogen-bond donors (Lipinski definition) is 1. The Hall–Kier alpha value is -6.33. The maximum atomic E-state index is 12.8. The van der Waals surface area contributed by atoms with Gasteiger partial charge in [0.1, 0.15) is 31.1 Å². The smallest absolute Gasteiger partial charge is 0.303 e. The van der Waals surface area contributed by atoms with E-state index < -0.39 is 127 Å². The summed E-state index contributed by atoms with van der Waals surface area (Å²) in [4.78, 5) is 109. The van der Waals surface area contributed by atoms with Gasteiger partial charge in [0.05, 0.1) is 5.69 Å². The van der Waals surface area contributed by atoms with E-state index in [-0.39, 0.29) is 10.9 Å². The van der Waals surface area contributed by atoms with Gasteiger partial charge in [-0.05, 0) is 12.1 Å². The molecule has 2 aromatic rings. The van der Waals surface area contributed by atoms with Crippen molar-refractivity contribution in [1.82, 2.24) is 9.55 Å². The molecule has 0 saturated carbocycles. The first-order chi connectivity index (χ1) is 29.7. The van der Waals surface area contributed by atoms with Crippen LogP contribution in [0.5, 0.6) is 5.88 Å². The number of thioether (sulfide) groups is 1. The molecular formula is C40H45N3O19S. The highest BCUT2D eigenvalue weighted by Crippen LogP contribution is 2.45. The van der Waals surface area contributed by atoms with Gasteiger partial charge in [-0.3, -0.25) is 47.9 Å². The number of carbonyl (C=O) groups excluding carboxylic acids is 8. The van der Waals surface area contributed by atoms with Crippen LogP contribution in [0, 0.1) is 0 Å². The molecule has 3 aliphatic rings. The third-order valence-electron chi connectivity index (χ3n) is 9.12. The molecule has 2 fully saturated rings. The van der Waals surface area contributed by atoms with E-state index in [0.29, 0.717) is 28.6 Å². The summed E-state index contributed by atoms with van der Waals surface area (Å²) >= 11 is 0.628. The zero-order valence-electron chi connectivity index (χ0n) is 35.2. The Morgan fingerprint density at radius 3 is 1.62 bits per heavy atom. The Morgan fingerprint density at radius 1 is 0.635 bits per heavy atom. The number of rotatable bonds is 14. The van der Waals surface area contributed by atoms with E-state index in [0.717, 1.165) is 60.0 Å². The van der Waals surface area contributed by atoms with Crippen LogP contribution in [0.1, 0.15) is 72.9 Å². The Balaban J connectivity index is 1.75. The maximum absolute atomic E-state index is 12.8. The summed E-state index contributed by atoms with van der Waals surface area (Å²) in [6.07, 6.45) is -11.4. The van der Waals surface area contributed by atoms with Crippen molar-refractivity contribution in [2.75, 3.05) is 13.2 Å². The van der Waals surface area contributed by atoms with Gasteiger partial charge >= 0.3 is 47.8 Å². The topological polar surface area (TPSA) is 279 Å². The molecular weight excluding hydrogens is 859 g/mol. The van der Waals surface area contributed by atoms with Crippen molar-refractivity contribution in [3.63, 3.8) is 0 Å². The normalized spacial score (nSPS) is 26.7. The lowest BCUT2D eigenvalue weighted by Crippen LogP contribution is -2.61. The van der Waals surface area contributed by atoms with Crippen LogP contribution in [-0.2, 0) is 85.7 Å². The van der Waals surface area contributed by atoms with Crippen molar-refractivity contribution in [2.45, 2.75) is 121 Å². The fourth-order valence-electron chi connectivity index (χ4n) is 6.93. The van der Waals surface area contributed by atoms with Crippen LogP contribution in [0.4, 0.5) is 5.69 Å². The molecule has 340 valence electrons. The molecule has 10 atom stereocenters. The van der Waals surface area contributed by atoms with E-state index in [1.165, 1.54) is 12.3 Å². The molecule has 0 bridgehead atoms. The summed E-state index contributed by atoms with van der Waals surface area (Å²) in [5, 5.41) is 12.0. The minimum absolute atomic E-state index is 0.158. The number of hydrogen-bond acceptors (Lipinski definition) is 22. The first-order valence-electron chi connectivity index (χ1n) is 19.2. The molecule has 3 aliphatic heterocycles. The predicted octanol–water partition coefficient (Wildman–Crippen LogP) is 2.28. The van der Waals surface area contributed by atoms with Crippen molar-refractivity contribution < 1.29 is 90.8 Å². The molecule has 2 saturated heterocycles. The number of aromatic nitrogens is 2. The number of carbonyl (C=O) groups is 8. The number of benzene rings is 1. The molecule has 0 spiro atoms. The van der Waals surface area contributed by atoms with E-state index >= 15 is 0 Å². The second kappa shape index (κ2) is 20.7. The lowest BCUT2D eigenvalue weighted by atomic mass is 9.97. The van der Waals surface area contributed by atoms with Gasteiger partial charge in [-0.15, -0.1) is 0 Å². The highest BCUT2D eigenvalue weighted by Gasteiger charge is 2.56. The molecule has 0 unspecified atom stereocenters. The van der Waals surface area contributed by atoms with Gasteiger partial charge in [0.15, 0.2) is 53.4 Å². The van der Waals surface area contributed by atoms with E-state index in [2.05, 4.69) is 9.98 Å². The third-order valence-corrected chi connectivity index (χ3v) is 10.2. The van der Waals surface area contributed by atoms with Gasteiger partial charge < -0.3 is 52.5 Å². The standard InChI is InChI=1S/C40H45N3O19S/c1-17(44)53-15-29-31(55-19(3)46)33(57-21(5)48)35(59-23(7)50)38(61-29)43-37(52)28(13-25-14-41-27-12-10-9-11-26(25)27)42-40(43)63-39-36(60-24(8)51)34(58-22(6)49)32(56-20(4)47)30(62-39)16-54-18(2)45/h9-14,29-36,38-39,52H,15-16H2,1-8H3/b25-13+/t29-,30-,31+,32+,33+,34+,35-,36-,38-,39+/m1/s1. The quantitative estimate of drug-likeness (QED) is 0.210. The Kier molecular flexibility index (Phi) is 15.7. The Morgan fingerprint density at radius 2 is 1.10 bits per heavy atom. The molecule has 4 heterocycles. The maximum Gasteiger partial charge on any atom is 0.303 e. The van der Waals surface area contributed by atoms with Crippen LogP contribution in [0.15, 0.2) is 34.4 Å². The minimum atomic E-state index is -1.78. The molecule has 63 heavy (non-hydrogen) atoms. The van der Waals surface area contributed by atoms with Gasteiger partial charge in [0.25, 0.3) is 0 Å². The lowest BCUT2D eigenvalue weighted by molar-refractivity contribution is -0.270. The number of esters is 8. The Labute approximate surface area is 363 Å². The lowest BCUT2D eigenvalue weighted by Gasteiger charge is -2.45. The largest absolute Gasteiger partial charge is 0.493 e. The minimum Gasteiger partial charge on any atom is -0.493 e. The average Bonchev–Trinajstić information content (AvgIpc) is 3.72. The zero-order chi connectivity index (χ0) is 46.3. The summed E-state index contributed by atoms with van der Waals surface area (Å²) in [5.41, 5.74) is 0.0677. The number of fused-ring (bicyclic) bond motifs is 1. The van der Waals surface area contributed by atoms with E-state index in [1.807, 2.05) is 0 Å². The van der Waals surface area contributed by atoms with Gasteiger partial charge in [-0.1, -0.05) is 30.0 Å². The first-order valence-corrected chi connectivity index (χ1v) is 20.1. The molecule has 1 aromatic carbocycles. The first kappa shape index (κ1) is 47.7. The summed E-state index contributed by atoms with van der Waals surface area (Å²) in [5.74, 6) is -7.61. The number of aromatic hydroxyl groups is 1. The SMILES string of the molecule is CC(=O)OC[C@H]1O[C@@H](n2c(S[C@@H]3O[C@H](COC(C)=O)[C@H](OC(C)=O)[C@H](OC(C)=O)[C@H]3OC(C)=O)nc(/C=C3\C=Nc4ccccc43)c2O)[C@H](OC(C)=O)[C@@H](OC(C)=O)[C@H]1OC(C)=O. The van der Waals surface area contributed by atoms with Gasteiger partial charge in [0.2, 0.25) is 5.88 Å². The number of nitrogens with zero attached hydrogens (tertiary/aromatic N) is 3. The van der Waals surface area contributed by atoms with Crippen molar-refractivity contribution in [3.8, 4) is 5.88 Å². The van der Waals surface area contributed by atoms with E-state index in [4.69, 9.17) is 47.4 Å². The van der Waals surface area contributed by atoms with Crippen LogP contribution in [-0.4, -0.2) is 136 Å². The van der Waals surface area contributed by atoms with Gasteiger partial charge in [0, 0.05) is 72.7 Å². The zero-order valence-corrected chi connectivity index (χ0v) is 36.0. The van der Waals surface area contributed by atoms with Gasteiger partial charge in [-0.2, -0.15) is 0 Å². The molecule has 0 aliphatic carbocycles. The molecule has 0 amide bonds. The van der Waals surface area contributed by atoms with Crippen LogP contribution in [0.25, 0.3) is 11.6 Å². The van der Waals surface area contributed by atoms with Crippen LogP contribution in [0.2, 0.25) is 0 Å². The third kappa shape index (κ3) is 12.0. The summed E-state index contributed by atoms with van der Waals surface area (Å²) in [7, 11) is 0. The highest BCUT2D eigenvalue weighted by molar-refractivity contribution is 7.99. The van der Waals surface area contributed by atoms with Crippen molar-refractivity contribution >= 4 is 83.1 Å². The summed E-state index contributed by atoms with van der Waals surface area (Å²) in [6.45, 7) is 7.30. The predicted molar refractivity (Wildman–Crippen MR) is 211 cm³/mol. The van der Waals surface area contributed by atoms with Gasteiger partial charge in [-0.25, -0.2) is 4.98 Å². The monoisotopic (exact) mass is 903 g/mol. The molecule has 22 nitrogen and oxygen atoms in total. The fourth-order valence-corrected chi connectivity index (χ4v) is 8.14. The van der Waals surface area contributed by atoms with Crippen LogP contribution < -0.4 is 0 Å². The van der Waals surface area contributed by atoms with E-state index in [1.54, 1.807) is 24.3 Å². The Bertz CT molecular complexity index is 2190. The number of ether oxygens (including phenoxy) is 10. The number of allylic oxidation sites excluding steroid dienone is 1. The second-order valence-electron chi connectivity index (χ2n) is 14.1. The molecule has 0 radical (unpaired) electrons. The van der Waals surface area contributed by atoms with Crippen molar-refractivity contribution in [3.05, 3.63) is 35.5 Å². The van der Waals surface area contributed by atoms with Crippen LogP contribution in [0.3, 0.4) is 0 Å². The molecule has 1 N–H and O–H groups in total.